The van der Waals surface area contributed by atoms with Crippen molar-refractivity contribution in [1.82, 2.24) is 5.32 Å². The summed E-state index contributed by atoms with van der Waals surface area (Å²) < 4.78 is 4.65. The molecule has 1 unspecified atom stereocenters. The Hall–Kier alpha value is -1.10. The normalized spacial score (nSPS) is 26.9. The minimum Gasteiger partial charge on any atom is -0.461 e. The molecule has 0 saturated carbocycles. The van der Waals surface area contributed by atoms with Crippen molar-refractivity contribution in [1.29, 1.82) is 0 Å². The highest BCUT2D eigenvalue weighted by atomic mass is 16.6. The number of aliphatic hydroxyl groups excluding tert-OH is 1. The molecule has 1 saturated heterocycles. The summed E-state index contributed by atoms with van der Waals surface area (Å²) in [4.78, 5) is 22.6. The molecule has 15 heavy (non-hydrogen) atoms. The first-order chi connectivity index (χ1) is 6.94. The maximum atomic E-state index is 11.4. The number of aliphatic hydroxyl groups is 1. The number of amides is 1. The molecule has 5 heteroatoms. The largest absolute Gasteiger partial charge is 0.461 e. The van der Waals surface area contributed by atoms with E-state index in [1.54, 1.807) is 20.8 Å². The Morgan fingerprint density at radius 3 is 2.53 bits per heavy atom. The van der Waals surface area contributed by atoms with Crippen LogP contribution in [0.3, 0.4) is 0 Å². The lowest BCUT2D eigenvalue weighted by Gasteiger charge is -2.44. The number of hydrogen-bond donors (Lipinski definition) is 2. The van der Waals surface area contributed by atoms with E-state index in [1.807, 2.05) is 0 Å². The summed E-state index contributed by atoms with van der Waals surface area (Å²) in [5.41, 5.74) is -1.22. The topological polar surface area (TPSA) is 75.6 Å². The zero-order valence-electron chi connectivity index (χ0n) is 9.24. The number of ether oxygens (including phenoxy) is 1. The average molecular weight is 215 g/mol. The number of hydrogen-bond acceptors (Lipinski definition) is 4. The molecule has 1 aliphatic rings. The highest BCUT2D eigenvalue weighted by Gasteiger charge is 2.56. The molecule has 0 bridgehead atoms. The first-order valence-corrected chi connectivity index (χ1v) is 5.10. The summed E-state index contributed by atoms with van der Waals surface area (Å²) >= 11 is 0. The lowest BCUT2D eigenvalue weighted by Crippen LogP contribution is -2.73. The third-order valence-electron chi connectivity index (χ3n) is 2.62. The van der Waals surface area contributed by atoms with Gasteiger partial charge in [0.2, 0.25) is 5.91 Å². The van der Waals surface area contributed by atoms with Gasteiger partial charge in [-0.05, 0) is 5.92 Å². The van der Waals surface area contributed by atoms with Gasteiger partial charge in [-0.2, -0.15) is 0 Å². The molecule has 2 N–H and O–H groups in total. The van der Waals surface area contributed by atoms with Gasteiger partial charge in [-0.25, -0.2) is 4.79 Å². The molecule has 0 aromatic heterocycles. The van der Waals surface area contributed by atoms with Crippen molar-refractivity contribution in [3.05, 3.63) is 0 Å². The summed E-state index contributed by atoms with van der Waals surface area (Å²) in [5.74, 6) is -0.924. The third kappa shape index (κ3) is 1.97. The second-order valence-electron chi connectivity index (χ2n) is 4.14. The van der Waals surface area contributed by atoms with Crippen LogP contribution >= 0.6 is 0 Å². The van der Waals surface area contributed by atoms with Gasteiger partial charge in [0.15, 0.2) is 5.54 Å². The standard InChI is InChI=1S/C10H17NO4/c1-4-7(12)11-10(5-15-9(10)14)8(13)6(2)3/h6,8,13H,4-5H2,1-3H3,(H,11,12)/t8-,10?/m0/s1. The molecule has 0 aromatic rings. The van der Waals surface area contributed by atoms with E-state index in [1.165, 1.54) is 0 Å². The van der Waals surface area contributed by atoms with Gasteiger partial charge >= 0.3 is 5.97 Å². The van der Waals surface area contributed by atoms with Crippen LogP contribution in [0.2, 0.25) is 0 Å². The van der Waals surface area contributed by atoms with Gasteiger partial charge in [0.25, 0.3) is 0 Å². The molecule has 0 radical (unpaired) electrons. The molecule has 86 valence electrons. The Balaban J connectivity index is 2.80. The smallest absolute Gasteiger partial charge is 0.338 e. The van der Waals surface area contributed by atoms with Gasteiger partial charge in [0.05, 0.1) is 6.10 Å². The van der Waals surface area contributed by atoms with Crippen LogP contribution in [0, 0.1) is 5.92 Å². The average Bonchev–Trinajstić information content (AvgIpc) is 2.21. The fourth-order valence-corrected chi connectivity index (χ4v) is 1.56. The van der Waals surface area contributed by atoms with Crippen molar-refractivity contribution in [2.75, 3.05) is 6.61 Å². The number of carbonyl (C=O) groups excluding carboxylic acids is 2. The van der Waals surface area contributed by atoms with Gasteiger partial charge in [0.1, 0.15) is 6.61 Å². The number of esters is 1. The van der Waals surface area contributed by atoms with E-state index in [0.29, 0.717) is 0 Å². The van der Waals surface area contributed by atoms with Crippen LogP contribution in [0.25, 0.3) is 0 Å². The lowest BCUT2D eigenvalue weighted by molar-refractivity contribution is -0.191. The number of cyclic esters (lactones) is 1. The zero-order chi connectivity index (χ0) is 11.6. The number of rotatable bonds is 4. The summed E-state index contributed by atoms with van der Waals surface area (Å²) in [6, 6.07) is 0. The van der Waals surface area contributed by atoms with Crippen molar-refractivity contribution < 1.29 is 19.4 Å². The van der Waals surface area contributed by atoms with E-state index in [9.17, 15) is 14.7 Å². The van der Waals surface area contributed by atoms with E-state index in [2.05, 4.69) is 10.1 Å². The van der Waals surface area contributed by atoms with Crippen LogP contribution in [0.1, 0.15) is 27.2 Å². The Morgan fingerprint density at radius 1 is 1.67 bits per heavy atom. The molecule has 0 aliphatic carbocycles. The quantitative estimate of drug-likeness (QED) is 0.638. The van der Waals surface area contributed by atoms with Crippen molar-refractivity contribution in [3.63, 3.8) is 0 Å². The van der Waals surface area contributed by atoms with E-state index in [0.717, 1.165) is 0 Å². The molecule has 1 heterocycles. The Labute approximate surface area is 88.8 Å². The predicted octanol–water partition coefficient (Wildman–Crippen LogP) is -0.175. The monoisotopic (exact) mass is 215 g/mol. The predicted molar refractivity (Wildman–Crippen MR) is 53.0 cm³/mol. The molecule has 1 amide bonds. The summed E-state index contributed by atoms with van der Waals surface area (Å²) in [7, 11) is 0. The van der Waals surface area contributed by atoms with Crippen molar-refractivity contribution in [2.24, 2.45) is 5.92 Å². The van der Waals surface area contributed by atoms with Gasteiger partial charge in [0, 0.05) is 6.42 Å². The first kappa shape index (κ1) is 12.0. The van der Waals surface area contributed by atoms with Gasteiger partial charge in [-0.15, -0.1) is 0 Å². The van der Waals surface area contributed by atoms with E-state index >= 15 is 0 Å². The number of carbonyl (C=O) groups is 2. The number of nitrogens with one attached hydrogen (secondary N) is 1. The van der Waals surface area contributed by atoms with Crippen LogP contribution < -0.4 is 5.32 Å². The molecule has 0 aromatic carbocycles. The van der Waals surface area contributed by atoms with Crippen LogP contribution in [-0.2, 0) is 14.3 Å². The highest BCUT2D eigenvalue weighted by molar-refractivity contribution is 5.92. The molecule has 2 atom stereocenters. The fourth-order valence-electron chi connectivity index (χ4n) is 1.56. The zero-order valence-corrected chi connectivity index (χ0v) is 9.24. The van der Waals surface area contributed by atoms with Crippen molar-refractivity contribution in [2.45, 2.75) is 38.8 Å². The third-order valence-corrected chi connectivity index (χ3v) is 2.62. The van der Waals surface area contributed by atoms with Gasteiger partial charge in [-0.1, -0.05) is 20.8 Å². The van der Waals surface area contributed by atoms with Crippen LogP contribution in [-0.4, -0.2) is 35.2 Å². The maximum Gasteiger partial charge on any atom is 0.338 e. The fraction of sp³-hybridized carbons (Fsp3) is 0.800. The molecule has 5 nitrogen and oxygen atoms in total. The minimum atomic E-state index is -1.22. The summed E-state index contributed by atoms with van der Waals surface area (Å²) in [6.07, 6.45) is -0.630. The second-order valence-corrected chi connectivity index (χ2v) is 4.14. The molecular formula is C10H17NO4. The van der Waals surface area contributed by atoms with Gasteiger partial charge in [-0.3, -0.25) is 4.79 Å². The Morgan fingerprint density at radius 2 is 2.27 bits per heavy atom. The Bertz CT molecular complexity index is 277. The van der Waals surface area contributed by atoms with Crippen molar-refractivity contribution in [3.8, 4) is 0 Å². The lowest BCUT2D eigenvalue weighted by atomic mass is 9.83. The van der Waals surface area contributed by atoms with E-state index in [4.69, 9.17) is 0 Å². The molecule has 0 spiro atoms. The van der Waals surface area contributed by atoms with Crippen LogP contribution in [0.5, 0.6) is 0 Å². The summed E-state index contributed by atoms with van der Waals surface area (Å²) in [6.45, 7) is 5.32. The van der Waals surface area contributed by atoms with E-state index in [-0.39, 0.29) is 24.9 Å². The molecule has 1 rings (SSSR count). The van der Waals surface area contributed by atoms with Crippen LogP contribution in [0.15, 0.2) is 0 Å². The van der Waals surface area contributed by atoms with Crippen LogP contribution in [0.4, 0.5) is 0 Å². The summed E-state index contributed by atoms with van der Waals surface area (Å²) in [5, 5.41) is 12.4. The first-order valence-electron chi connectivity index (χ1n) is 5.10. The van der Waals surface area contributed by atoms with E-state index < -0.39 is 17.6 Å². The molecule has 1 aliphatic heterocycles. The second kappa shape index (κ2) is 4.18. The van der Waals surface area contributed by atoms with Crippen molar-refractivity contribution >= 4 is 11.9 Å². The minimum absolute atomic E-state index is 0.0525. The van der Waals surface area contributed by atoms with Gasteiger partial charge < -0.3 is 15.2 Å². The Kier molecular flexibility index (Phi) is 3.34. The SMILES string of the molecule is CCC(=O)NC1([C@@H](O)C(C)C)COC1=O. The highest BCUT2D eigenvalue weighted by Crippen LogP contribution is 2.27. The molecule has 1 fully saturated rings. The molecular weight excluding hydrogens is 198 g/mol. The maximum absolute atomic E-state index is 11.4.